The van der Waals surface area contributed by atoms with E-state index in [0.29, 0.717) is 11.6 Å². The van der Waals surface area contributed by atoms with Crippen LogP contribution in [0.3, 0.4) is 0 Å². The van der Waals surface area contributed by atoms with Crippen molar-refractivity contribution in [1.82, 2.24) is 9.97 Å². The Morgan fingerprint density at radius 2 is 1.73 bits per heavy atom. The molecule has 3 aromatic rings. The van der Waals surface area contributed by atoms with Crippen molar-refractivity contribution in [3.63, 3.8) is 0 Å². The van der Waals surface area contributed by atoms with Crippen LogP contribution in [0.2, 0.25) is 0 Å². The standard InChI is InChI=1S/C19H17N5O2/c1-13-14(2)21-19(16-6-4-3-5-7-16)22-18(13)23-20-12-15-8-10-17(11-9-15)24(25)26/h3-12H,1-2H3,(H,21,22,23)/b20-12-. The molecule has 0 unspecified atom stereocenters. The average molecular weight is 347 g/mol. The van der Waals surface area contributed by atoms with E-state index in [2.05, 4.69) is 20.5 Å². The van der Waals surface area contributed by atoms with Crippen LogP contribution in [0.4, 0.5) is 11.5 Å². The Kier molecular flexibility index (Phi) is 4.98. The van der Waals surface area contributed by atoms with E-state index >= 15 is 0 Å². The number of nitrogens with one attached hydrogen (secondary N) is 1. The summed E-state index contributed by atoms with van der Waals surface area (Å²) in [6.45, 7) is 3.85. The number of nitrogens with zero attached hydrogens (tertiary/aromatic N) is 4. The summed E-state index contributed by atoms with van der Waals surface area (Å²) in [5.41, 5.74) is 6.43. The fourth-order valence-corrected chi connectivity index (χ4v) is 2.30. The Morgan fingerprint density at radius 3 is 2.38 bits per heavy atom. The molecule has 1 N–H and O–H groups in total. The third-order valence-corrected chi connectivity index (χ3v) is 3.91. The molecule has 1 heterocycles. The number of rotatable bonds is 5. The summed E-state index contributed by atoms with van der Waals surface area (Å²) in [5.74, 6) is 1.25. The van der Waals surface area contributed by atoms with E-state index < -0.39 is 4.92 Å². The molecule has 0 aliphatic rings. The van der Waals surface area contributed by atoms with Gasteiger partial charge in [0.05, 0.1) is 11.1 Å². The second-order valence-corrected chi connectivity index (χ2v) is 5.69. The molecule has 0 saturated heterocycles. The normalized spacial score (nSPS) is 10.8. The fourth-order valence-electron chi connectivity index (χ4n) is 2.30. The third-order valence-electron chi connectivity index (χ3n) is 3.91. The molecule has 0 bridgehead atoms. The van der Waals surface area contributed by atoms with Gasteiger partial charge in [0, 0.05) is 29.0 Å². The van der Waals surface area contributed by atoms with E-state index in [9.17, 15) is 10.1 Å². The number of aryl methyl sites for hydroxylation is 1. The topological polar surface area (TPSA) is 93.3 Å². The molecule has 0 aliphatic heterocycles. The Hall–Kier alpha value is -3.61. The molecule has 26 heavy (non-hydrogen) atoms. The second kappa shape index (κ2) is 7.52. The minimum absolute atomic E-state index is 0.0462. The molecule has 0 saturated carbocycles. The molecule has 0 aliphatic carbocycles. The van der Waals surface area contributed by atoms with Crippen LogP contribution in [-0.2, 0) is 0 Å². The molecule has 1 aromatic heterocycles. The van der Waals surface area contributed by atoms with E-state index in [1.165, 1.54) is 12.1 Å². The lowest BCUT2D eigenvalue weighted by Crippen LogP contribution is -2.03. The van der Waals surface area contributed by atoms with Crippen LogP contribution in [0.5, 0.6) is 0 Å². The lowest BCUT2D eigenvalue weighted by Gasteiger charge is -2.09. The zero-order valence-corrected chi connectivity index (χ0v) is 14.4. The predicted molar refractivity (Wildman–Crippen MR) is 101 cm³/mol. The quantitative estimate of drug-likeness (QED) is 0.426. The number of hydrogen-bond donors (Lipinski definition) is 1. The number of aromatic nitrogens is 2. The maximum atomic E-state index is 10.7. The molecule has 2 aromatic carbocycles. The van der Waals surface area contributed by atoms with E-state index in [4.69, 9.17) is 0 Å². The summed E-state index contributed by atoms with van der Waals surface area (Å²) >= 11 is 0. The van der Waals surface area contributed by atoms with Gasteiger partial charge in [-0.15, -0.1) is 0 Å². The highest BCUT2D eigenvalue weighted by atomic mass is 16.6. The molecular formula is C19H17N5O2. The van der Waals surface area contributed by atoms with Gasteiger partial charge in [0.25, 0.3) is 5.69 Å². The van der Waals surface area contributed by atoms with Gasteiger partial charge < -0.3 is 0 Å². The number of anilines is 1. The SMILES string of the molecule is Cc1nc(-c2ccccc2)nc(N/N=C\c2ccc([N+](=O)[O-])cc2)c1C. The van der Waals surface area contributed by atoms with Crippen LogP contribution >= 0.6 is 0 Å². The van der Waals surface area contributed by atoms with Gasteiger partial charge in [-0.25, -0.2) is 9.97 Å². The molecule has 3 rings (SSSR count). The summed E-state index contributed by atoms with van der Waals surface area (Å²) in [4.78, 5) is 19.3. The van der Waals surface area contributed by atoms with Gasteiger partial charge in [0.15, 0.2) is 11.6 Å². The first-order valence-electron chi connectivity index (χ1n) is 7.99. The zero-order valence-electron chi connectivity index (χ0n) is 14.4. The zero-order chi connectivity index (χ0) is 18.5. The highest BCUT2D eigenvalue weighted by molar-refractivity contribution is 5.80. The van der Waals surface area contributed by atoms with Gasteiger partial charge in [-0.05, 0) is 31.5 Å². The van der Waals surface area contributed by atoms with Crippen LogP contribution < -0.4 is 5.43 Å². The first-order chi connectivity index (χ1) is 12.5. The third kappa shape index (κ3) is 3.89. The summed E-state index contributed by atoms with van der Waals surface area (Å²) in [6.07, 6.45) is 1.59. The molecule has 0 spiro atoms. The van der Waals surface area contributed by atoms with Gasteiger partial charge in [-0.3, -0.25) is 15.5 Å². The van der Waals surface area contributed by atoms with Crippen LogP contribution in [0, 0.1) is 24.0 Å². The van der Waals surface area contributed by atoms with Crippen molar-refractivity contribution in [2.45, 2.75) is 13.8 Å². The molecule has 0 atom stereocenters. The second-order valence-electron chi connectivity index (χ2n) is 5.69. The Bertz CT molecular complexity index is 954. The Balaban J connectivity index is 1.81. The fraction of sp³-hybridized carbons (Fsp3) is 0.105. The molecule has 0 amide bonds. The molecule has 130 valence electrons. The van der Waals surface area contributed by atoms with Crippen molar-refractivity contribution in [2.24, 2.45) is 5.10 Å². The summed E-state index contributed by atoms with van der Waals surface area (Å²) in [7, 11) is 0. The molecule has 0 radical (unpaired) electrons. The number of hydrazone groups is 1. The number of non-ortho nitro benzene ring substituents is 1. The van der Waals surface area contributed by atoms with Crippen molar-refractivity contribution in [2.75, 3.05) is 5.43 Å². The first-order valence-corrected chi connectivity index (χ1v) is 7.99. The minimum atomic E-state index is -0.433. The van der Waals surface area contributed by atoms with Crippen molar-refractivity contribution in [1.29, 1.82) is 0 Å². The van der Waals surface area contributed by atoms with Gasteiger partial charge in [0.1, 0.15) is 0 Å². The largest absolute Gasteiger partial charge is 0.269 e. The van der Waals surface area contributed by atoms with Gasteiger partial charge in [-0.2, -0.15) is 5.10 Å². The number of benzene rings is 2. The lowest BCUT2D eigenvalue weighted by atomic mass is 10.2. The van der Waals surface area contributed by atoms with Gasteiger partial charge >= 0.3 is 0 Å². The summed E-state index contributed by atoms with van der Waals surface area (Å²) in [5, 5.41) is 14.9. The van der Waals surface area contributed by atoms with E-state index in [-0.39, 0.29) is 5.69 Å². The number of nitro benzene ring substituents is 1. The van der Waals surface area contributed by atoms with E-state index in [1.807, 2.05) is 44.2 Å². The summed E-state index contributed by atoms with van der Waals surface area (Å²) < 4.78 is 0. The minimum Gasteiger partial charge on any atom is -0.261 e. The van der Waals surface area contributed by atoms with Crippen molar-refractivity contribution < 1.29 is 4.92 Å². The smallest absolute Gasteiger partial charge is 0.261 e. The highest BCUT2D eigenvalue weighted by Gasteiger charge is 2.09. The molecule has 7 heteroatoms. The van der Waals surface area contributed by atoms with E-state index in [0.717, 1.165) is 22.4 Å². The lowest BCUT2D eigenvalue weighted by molar-refractivity contribution is -0.384. The van der Waals surface area contributed by atoms with Crippen LogP contribution in [0.1, 0.15) is 16.8 Å². The number of nitro groups is 1. The van der Waals surface area contributed by atoms with Crippen LogP contribution in [0.15, 0.2) is 59.7 Å². The maximum absolute atomic E-state index is 10.7. The molecule has 7 nitrogen and oxygen atoms in total. The van der Waals surface area contributed by atoms with Crippen molar-refractivity contribution in [3.8, 4) is 11.4 Å². The van der Waals surface area contributed by atoms with E-state index in [1.54, 1.807) is 18.3 Å². The predicted octanol–water partition coefficient (Wildman–Crippen LogP) is 4.11. The van der Waals surface area contributed by atoms with Crippen LogP contribution in [-0.4, -0.2) is 21.1 Å². The van der Waals surface area contributed by atoms with Crippen LogP contribution in [0.25, 0.3) is 11.4 Å². The summed E-state index contributed by atoms with van der Waals surface area (Å²) in [6, 6.07) is 15.9. The Morgan fingerprint density at radius 1 is 1.04 bits per heavy atom. The first kappa shape index (κ1) is 17.2. The number of hydrogen-bond acceptors (Lipinski definition) is 6. The maximum Gasteiger partial charge on any atom is 0.269 e. The van der Waals surface area contributed by atoms with Crippen molar-refractivity contribution >= 4 is 17.7 Å². The Labute approximate surface area is 150 Å². The highest BCUT2D eigenvalue weighted by Crippen LogP contribution is 2.21. The molecule has 0 fully saturated rings. The monoisotopic (exact) mass is 347 g/mol. The average Bonchev–Trinajstić information content (AvgIpc) is 2.66. The van der Waals surface area contributed by atoms with Gasteiger partial charge in [0.2, 0.25) is 0 Å². The van der Waals surface area contributed by atoms with Gasteiger partial charge in [-0.1, -0.05) is 30.3 Å². The molecular weight excluding hydrogens is 330 g/mol. The van der Waals surface area contributed by atoms with Crippen molar-refractivity contribution in [3.05, 3.63) is 81.5 Å².